The third kappa shape index (κ3) is 6.23. The molecule has 1 aliphatic heterocycles. The summed E-state index contributed by atoms with van der Waals surface area (Å²) in [6.45, 7) is 3.59. The maximum absolute atomic E-state index is 10.7. The van der Waals surface area contributed by atoms with Crippen LogP contribution in [0.2, 0.25) is 0 Å². The smallest absolute Gasteiger partial charge is 0.303 e. The van der Waals surface area contributed by atoms with Gasteiger partial charge in [-0.2, -0.15) is 21.6 Å². The minimum absolute atomic E-state index is 0.912. The molecule has 0 aromatic carbocycles. The van der Waals surface area contributed by atoms with Crippen molar-refractivity contribution in [2.24, 2.45) is 0 Å². The molecule has 1 fully saturated rings. The van der Waals surface area contributed by atoms with Gasteiger partial charge in [-0.1, -0.05) is 13.3 Å². The summed E-state index contributed by atoms with van der Waals surface area (Å²) in [6.07, 6.45) is 5.59. The zero-order valence-corrected chi connectivity index (χ0v) is 10.7. The van der Waals surface area contributed by atoms with Crippen LogP contribution in [0, 0.1) is 0 Å². The van der Waals surface area contributed by atoms with Gasteiger partial charge < -0.3 is 4.90 Å². The van der Waals surface area contributed by atoms with E-state index in [2.05, 4.69) is 18.9 Å². The van der Waals surface area contributed by atoms with Crippen LogP contribution < -0.4 is 0 Å². The largest absolute Gasteiger partial charge is 0.522 e. The van der Waals surface area contributed by atoms with Gasteiger partial charge in [-0.15, -0.1) is 0 Å². The molecule has 1 aliphatic rings. The number of hydrogen-bond donors (Lipinski definition) is 1. The molecule has 0 saturated carbocycles. The Hall–Kier alpha value is -0.340. The molecule has 0 bridgehead atoms. The highest BCUT2D eigenvalue weighted by atomic mass is 32.2. The molecular formula is C9H18F3NO3S. The number of hydrogen-bond acceptors (Lipinski definition) is 3. The second-order valence-corrected chi connectivity index (χ2v) is 5.40. The Morgan fingerprint density at radius 1 is 1.41 bits per heavy atom. The van der Waals surface area contributed by atoms with Crippen LogP contribution in [-0.4, -0.2) is 43.0 Å². The molecule has 4 nitrogen and oxygen atoms in total. The van der Waals surface area contributed by atoms with Crippen molar-refractivity contribution >= 4 is 10.1 Å². The lowest BCUT2D eigenvalue weighted by atomic mass is 10.1. The predicted octanol–water partition coefficient (Wildman–Crippen LogP) is 2.27. The summed E-state index contributed by atoms with van der Waals surface area (Å²) in [7, 11) is -3.60. The average Bonchev–Trinajstić information content (AvgIpc) is 2.50. The van der Waals surface area contributed by atoms with Crippen molar-refractivity contribution in [1.29, 1.82) is 0 Å². The molecule has 0 spiro atoms. The van der Waals surface area contributed by atoms with Gasteiger partial charge in [0.05, 0.1) is 0 Å². The number of nitrogens with zero attached hydrogens (tertiary/aromatic N) is 1. The zero-order chi connectivity index (χ0) is 13.7. The molecule has 104 valence electrons. The first-order chi connectivity index (χ1) is 7.59. The maximum Gasteiger partial charge on any atom is 0.522 e. The van der Waals surface area contributed by atoms with E-state index in [1.54, 1.807) is 0 Å². The molecule has 0 amide bonds. The van der Waals surface area contributed by atoms with Crippen LogP contribution in [0.4, 0.5) is 13.2 Å². The van der Waals surface area contributed by atoms with E-state index in [1.807, 2.05) is 0 Å². The second kappa shape index (κ2) is 6.55. The van der Waals surface area contributed by atoms with Crippen molar-refractivity contribution < 1.29 is 26.1 Å². The van der Waals surface area contributed by atoms with E-state index in [0.717, 1.165) is 6.04 Å². The fourth-order valence-electron chi connectivity index (χ4n) is 1.68. The van der Waals surface area contributed by atoms with Gasteiger partial charge in [-0.05, 0) is 32.9 Å². The molecule has 1 rings (SSSR count). The number of likely N-dealkylation sites (tertiary alicyclic amines) is 1. The van der Waals surface area contributed by atoms with Gasteiger partial charge in [0.25, 0.3) is 0 Å². The fourth-order valence-corrected chi connectivity index (χ4v) is 1.68. The molecule has 1 saturated heterocycles. The Labute approximate surface area is 99.5 Å². The number of rotatable bonds is 2. The van der Waals surface area contributed by atoms with Gasteiger partial charge in [-0.25, -0.2) is 0 Å². The minimum atomic E-state index is -5.84. The first-order valence-electron chi connectivity index (χ1n) is 5.33. The van der Waals surface area contributed by atoms with E-state index in [9.17, 15) is 13.2 Å². The van der Waals surface area contributed by atoms with E-state index in [0.29, 0.717) is 0 Å². The fraction of sp³-hybridized carbons (Fsp3) is 1.00. The monoisotopic (exact) mass is 277 g/mol. The van der Waals surface area contributed by atoms with Crippen LogP contribution in [0.1, 0.15) is 32.6 Å². The van der Waals surface area contributed by atoms with Crippen LogP contribution in [-0.2, 0) is 10.1 Å². The van der Waals surface area contributed by atoms with Gasteiger partial charge in [0.1, 0.15) is 0 Å². The third-order valence-electron chi connectivity index (χ3n) is 2.59. The predicted molar refractivity (Wildman–Crippen MR) is 58.2 cm³/mol. The summed E-state index contributed by atoms with van der Waals surface area (Å²) in [5.74, 6) is 0. The lowest BCUT2D eigenvalue weighted by molar-refractivity contribution is -0.0510. The summed E-state index contributed by atoms with van der Waals surface area (Å²) in [6, 6.07) is 0.912. The molecule has 8 heteroatoms. The average molecular weight is 277 g/mol. The Bertz CT molecular complexity index is 316. The number of halogens is 3. The highest BCUT2D eigenvalue weighted by Gasteiger charge is 2.44. The van der Waals surface area contributed by atoms with Crippen LogP contribution in [0.15, 0.2) is 0 Å². The SMILES string of the molecule is CCCC1CCCN1C.O=S(=O)(O)C(F)(F)F. The van der Waals surface area contributed by atoms with Crippen LogP contribution in [0.5, 0.6) is 0 Å². The quantitative estimate of drug-likeness (QED) is 0.621. The molecule has 0 aliphatic carbocycles. The van der Waals surface area contributed by atoms with Crippen molar-refractivity contribution in [1.82, 2.24) is 4.90 Å². The van der Waals surface area contributed by atoms with Crippen molar-refractivity contribution in [2.75, 3.05) is 13.6 Å². The Balaban J connectivity index is 0.000000304. The molecule has 1 atom stereocenters. The zero-order valence-electron chi connectivity index (χ0n) is 9.87. The Morgan fingerprint density at radius 3 is 2.12 bits per heavy atom. The Morgan fingerprint density at radius 2 is 1.88 bits per heavy atom. The molecule has 1 N–H and O–H groups in total. The van der Waals surface area contributed by atoms with Gasteiger partial charge in [-0.3, -0.25) is 4.55 Å². The first-order valence-corrected chi connectivity index (χ1v) is 6.77. The van der Waals surface area contributed by atoms with E-state index in [-0.39, 0.29) is 0 Å². The van der Waals surface area contributed by atoms with Crippen molar-refractivity contribution in [3.05, 3.63) is 0 Å². The first kappa shape index (κ1) is 16.7. The van der Waals surface area contributed by atoms with Crippen molar-refractivity contribution in [2.45, 2.75) is 44.2 Å². The second-order valence-electron chi connectivity index (χ2n) is 3.99. The normalized spacial score (nSPS) is 22.1. The summed E-state index contributed by atoms with van der Waals surface area (Å²) in [5.41, 5.74) is -5.53. The summed E-state index contributed by atoms with van der Waals surface area (Å²) in [5, 5.41) is 0. The summed E-state index contributed by atoms with van der Waals surface area (Å²) < 4.78 is 57.5. The van der Waals surface area contributed by atoms with E-state index < -0.39 is 15.6 Å². The molecule has 17 heavy (non-hydrogen) atoms. The van der Waals surface area contributed by atoms with Gasteiger partial charge in [0, 0.05) is 6.04 Å². The van der Waals surface area contributed by atoms with E-state index >= 15 is 0 Å². The summed E-state index contributed by atoms with van der Waals surface area (Å²) >= 11 is 0. The maximum atomic E-state index is 10.7. The topological polar surface area (TPSA) is 57.6 Å². The molecule has 1 unspecified atom stereocenters. The Kier molecular flexibility index (Phi) is 6.42. The lowest BCUT2D eigenvalue weighted by Crippen LogP contribution is -2.24. The molecule has 0 aromatic heterocycles. The van der Waals surface area contributed by atoms with Crippen LogP contribution in [0.3, 0.4) is 0 Å². The van der Waals surface area contributed by atoms with Crippen molar-refractivity contribution in [3.8, 4) is 0 Å². The van der Waals surface area contributed by atoms with Crippen LogP contribution >= 0.6 is 0 Å². The third-order valence-corrected chi connectivity index (χ3v) is 3.17. The molecular weight excluding hydrogens is 259 g/mol. The molecule has 1 heterocycles. The lowest BCUT2D eigenvalue weighted by Gasteiger charge is -2.17. The van der Waals surface area contributed by atoms with Gasteiger partial charge in [0.2, 0.25) is 0 Å². The highest BCUT2D eigenvalue weighted by molar-refractivity contribution is 7.86. The van der Waals surface area contributed by atoms with E-state index in [4.69, 9.17) is 13.0 Å². The summed E-state index contributed by atoms with van der Waals surface area (Å²) in [4.78, 5) is 2.49. The van der Waals surface area contributed by atoms with Gasteiger partial charge in [0.15, 0.2) is 0 Å². The molecule has 0 radical (unpaired) electrons. The van der Waals surface area contributed by atoms with Crippen molar-refractivity contribution in [3.63, 3.8) is 0 Å². The standard InChI is InChI=1S/C8H17N.CHF3O3S/c1-3-5-8-6-4-7-9(8)2;2-1(3,4)8(5,6)7/h8H,3-7H2,1-2H3;(H,5,6,7). The highest BCUT2D eigenvalue weighted by Crippen LogP contribution is 2.20. The van der Waals surface area contributed by atoms with Gasteiger partial charge >= 0.3 is 15.6 Å². The molecule has 0 aromatic rings. The van der Waals surface area contributed by atoms with E-state index in [1.165, 1.54) is 32.2 Å². The van der Waals surface area contributed by atoms with Crippen LogP contribution in [0.25, 0.3) is 0 Å². The minimum Gasteiger partial charge on any atom is -0.303 e. The number of alkyl halides is 3.